The van der Waals surface area contributed by atoms with Crippen molar-refractivity contribution in [1.29, 1.82) is 0 Å². The molecule has 2 aromatic rings. The van der Waals surface area contributed by atoms with Gasteiger partial charge in [0.25, 0.3) is 0 Å². The van der Waals surface area contributed by atoms with E-state index in [1.165, 1.54) is 6.92 Å². The molecule has 8 nitrogen and oxygen atoms in total. The number of nitrogens with zero attached hydrogens (tertiary/aromatic N) is 3. The summed E-state index contributed by atoms with van der Waals surface area (Å²) in [6.45, 7) is 13.1. The number of ether oxygens (including phenoxy) is 2. The third kappa shape index (κ3) is 6.13. The quantitative estimate of drug-likeness (QED) is 0.440. The van der Waals surface area contributed by atoms with Gasteiger partial charge in [-0.05, 0) is 37.6 Å². The van der Waals surface area contributed by atoms with Crippen molar-refractivity contribution in [3.05, 3.63) is 24.0 Å². The van der Waals surface area contributed by atoms with Crippen molar-refractivity contribution in [2.24, 2.45) is 0 Å². The van der Waals surface area contributed by atoms with Gasteiger partial charge in [0.2, 0.25) is 5.91 Å². The summed E-state index contributed by atoms with van der Waals surface area (Å²) in [6.07, 6.45) is 1.29. The Balaban J connectivity index is 1.76. The molecule has 1 saturated heterocycles. The Morgan fingerprint density at radius 3 is 2.70 bits per heavy atom. The molecule has 1 fully saturated rings. The SMILES string of the molecule is CC(=O)Nc1cc(-c2nnc(C)n2COCC[Si](C)(C)C)ccc1NCC1CCO1. The number of nitrogens with one attached hydrogen (secondary N) is 2. The molecule has 1 atom stereocenters. The minimum absolute atomic E-state index is 0.123. The molecular formula is C21H33N5O3Si. The maximum Gasteiger partial charge on any atom is 0.221 e. The zero-order chi connectivity index (χ0) is 21.7. The zero-order valence-corrected chi connectivity index (χ0v) is 19.6. The Hall–Kier alpha value is -2.23. The van der Waals surface area contributed by atoms with Gasteiger partial charge in [-0.1, -0.05) is 19.6 Å². The summed E-state index contributed by atoms with van der Waals surface area (Å²) in [5, 5.41) is 14.9. The third-order valence-electron chi connectivity index (χ3n) is 5.05. The topological polar surface area (TPSA) is 90.3 Å². The highest BCUT2D eigenvalue weighted by molar-refractivity contribution is 6.76. The molecule has 164 valence electrons. The van der Waals surface area contributed by atoms with E-state index in [2.05, 4.69) is 40.5 Å². The monoisotopic (exact) mass is 431 g/mol. The molecule has 0 bridgehead atoms. The summed E-state index contributed by atoms with van der Waals surface area (Å²) in [6, 6.07) is 6.98. The molecule has 1 unspecified atom stereocenters. The lowest BCUT2D eigenvalue weighted by Gasteiger charge is -2.27. The third-order valence-corrected chi connectivity index (χ3v) is 6.76. The van der Waals surface area contributed by atoms with Gasteiger partial charge >= 0.3 is 0 Å². The smallest absolute Gasteiger partial charge is 0.221 e. The number of hydrogen-bond donors (Lipinski definition) is 2. The number of aryl methyl sites for hydroxylation is 1. The number of aromatic nitrogens is 3. The van der Waals surface area contributed by atoms with Gasteiger partial charge in [0.1, 0.15) is 12.6 Å². The molecule has 1 aromatic carbocycles. The van der Waals surface area contributed by atoms with Crippen molar-refractivity contribution in [3.8, 4) is 11.4 Å². The van der Waals surface area contributed by atoms with Crippen LogP contribution in [0.2, 0.25) is 25.7 Å². The van der Waals surface area contributed by atoms with Crippen LogP contribution >= 0.6 is 0 Å². The summed E-state index contributed by atoms with van der Waals surface area (Å²) in [5.74, 6) is 1.40. The number of carbonyl (C=O) groups excluding carboxylic acids is 1. The molecule has 2 heterocycles. The Kier molecular flexibility index (Phi) is 7.27. The van der Waals surface area contributed by atoms with E-state index in [-0.39, 0.29) is 12.0 Å². The first-order chi connectivity index (χ1) is 14.2. The molecular weight excluding hydrogens is 398 g/mol. The fraction of sp³-hybridized carbons (Fsp3) is 0.571. The van der Waals surface area contributed by atoms with Gasteiger partial charge in [0.15, 0.2) is 5.82 Å². The second-order valence-electron chi connectivity index (χ2n) is 8.95. The van der Waals surface area contributed by atoms with Gasteiger partial charge in [0.05, 0.1) is 17.5 Å². The maximum absolute atomic E-state index is 11.7. The van der Waals surface area contributed by atoms with Crippen LogP contribution in [0.5, 0.6) is 0 Å². The number of anilines is 2. The maximum atomic E-state index is 11.7. The number of rotatable bonds is 10. The van der Waals surface area contributed by atoms with Gasteiger partial charge < -0.3 is 20.1 Å². The Labute approximate surface area is 179 Å². The van der Waals surface area contributed by atoms with Crippen LogP contribution in [-0.4, -0.2) is 54.6 Å². The molecule has 0 spiro atoms. The molecule has 0 saturated carbocycles. The van der Waals surface area contributed by atoms with Crippen molar-refractivity contribution in [3.63, 3.8) is 0 Å². The van der Waals surface area contributed by atoms with Crippen molar-refractivity contribution in [2.75, 3.05) is 30.4 Å². The highest BCUT2D eigenvalue weighted by Gasteiger charge is 2.19. The van der Waals surface area contributed by atoms with Crippen LogP contribution in [0.15, 0.2) is 18.2 Å². The molecule has 0 radical (unpaired) electrons. The summed E-state index contributed by atoms with van der Waals surface area (Å²) < 4.78 is 13.4. The number of hydrogen-bond acceptors (Lipinski definition) is 6. The number of carbonyl (C=O) groups is 1. The first kappa shape index (κ1) is 22.5. The summed E-state index contributed by atoms with van der Waals surface area (Å²) in [5.41, 5.74) is 2.45. The largest absolute Gasteiger partial charge is 0.381 e. The van der Waals surface area contributed by atoms with Crippen LogP contribution in [0.3, 0.4) is 0 Å². The van der Waals surface area contributed by atoms with Gasteiger partial charge in [-0.25, -0.2) is 0 Å². The molecule has 30 heavy (non-hydrogen) atoms. The van der Waals surface area contributed by atoms with Crippen molar-refractivity contribution >= 4 is 25.4 Å². The summed E-state index contributed by atoms with van der Waals surface area (Å²) >= 11 is 0. The normalized spacial score (nSPS) is 16.2. The Bertz CT molecular complexity index is 874. The minimum Gasteiger partial charge on any atom is -0.381 e. The lowest BCUT2D eigenvalue weighted by Crippen LogP contribution is -2.33. The highest BCUT2D eigenvalue weighted by atomic mass is 28.3. The average Bonchev–Trinajstić information content (AvgIpc) is 2.98. The minimum atomic E-state index is -1.14. The molecule has 1 aliphatic heterocycles. The van der Waals surface area contributed by atoms with Crippen molar-refractivity contribution in [1.82, 2.24) is 14.8 Å². The molecule has 1 aliphatic rings. The second-order valence-corrected chi connectivity index (χ2v) is 14.6. The van der Waals surface area contributed by atoms with E-state index in [9.17, 15) is 4.79 Å². The molecule has 2 N–H and O–H groups in total. The van der Waals surface area contributed by atoms with Crippen LogP contribution in [0.1, 0.15) is 19.2 Å². The Morgan fingerprint density at radius 1 is 1.30 bits per heavy atom. The van der Waals surface area contributed by atoms with E-state index in [1.807, 2.05) is 29.7 Å². The predicted octanol–water partition coefficient (Wildman–Crippen LogP) is 3.73. The fourth-order valence-corrected chi connectivity index (χ4v) is 3.84. The van der Waals surface area contributed by atoms with Gasteiger partial charge in [0, 0.05) is 40.3 Å². The predicted molar refractivity (Wildman–Crippen MR) is 121 cm³/mol. The fourth-order valence-electron chi connectivity index (χ4n) is 3.08. The van der Waals surface area contributed by atoms with Crippen molar-refractivity contribution in [2.45, 2.75) is 58.8 Å². The molecule has 3 rings (SSSR count). The van der Waals surface area contributed by atoms with Gasteiger partial charge in [-0.2, -0.15) is 0 Å². The zero-order valence-electron chi connectivity index (χ0n) is 18.6. The van der Waals surface area contributed by atoms with Gasteiger partial charge in [-0.3, -0.25) is 9.36 Å². The average molecular weight is 432 g/mol. The molecule has 1 amide bonds. The standard InChI is InChI=1S/C21H33N5O3Si/c1-15-24-25-21(26(15)14-28-10-11-30(3,4)5)17-6-7-19(20(12-17)23-16(2)27)22-13-18-8-9-29-18/h6-7,12,18,22H,8-11,13-14H2,1-5H3,(H,23,27). The first-order valence-electron chi connectivity index (χ1n) is 10.5. The summed E-state index contributed by atoms with van der Waals surface area (Å²) in [7, 11) is -1.14. The molecule has 0 aliphatic carbocycles. The highest BCUT2D eigenvalue weighted by Crippen LogP contribution is 2.29. The Morgan fingerprint density at radius 2 is 2.07 bits per heavy atom. The number of benzene rings is 1. The van der Waals surface area contributed by atoms with E-state index >= 15 is 0 Å². The van der Waals surface area contributed by atoms with E-state index < -0.39 is 8.07 Å². The van der Waals surface area contributed by atoms with Crippen LogP contribution in [0.25, 0.3) is 11.4 Å². The van der Waals surface area contributed by atoms with E-state index in [0.717, 1.165) is 48.6 Å². The lowest BCUT2D eigenvalue weighted by molar-refractivity contribution is -0.114. The van der Waals surface area contributed by atoms with Crippen LogP contribution in [-0.2, 0) is 21.0 Å². The molecule has 1 aromatic heterocycles. The van der Waals surface area contributed by atoms with Crippen LogP contribution < -0.4 is 10.6 Å². The first-order valence-corrected chi connectivity index (χ1v) is 14.2. The lowest BCUT2D eigenvalue weighted by atomic mass is 10.1. The van der Waals surface area contributed by atoms with E-state index in [4.69, 9.17) is 9.47 Å². The van der Waals surface area contributed by atoms with Crippen LogP contribution in [0.4, 0.5) is 11.4 Å². The van der Waals surface area contributed by atoms with E-state index in [0.29, 0.717) is 19.0 Å². The van der Waals surface area contributed by atoms with E-state index in [1.54, 1.807) is 0 Å². The van der Waals surface area contributed by atoms with Crippen LogP contribution in [0, 0.1) is 6.92 Å². The number of amides is 1. The van der Waals surface area contributed by atoms with Crippen molar-refractivity contribution < 1.29 is 14.3 Å². The second kappa shape index (κ2) is 9.72. The molecule has 9 heteroatoms. The summed E-state index contributed by atoms with van der Waals surface area (Å²) in [4.78, 5) is 11.7. The van der Waals surface area contributed by atoms with Gasteiger partial charge in [-0.15, -0.1) is 10.2 Å².